The summed E-state index contributed by atoms with van der Waals surface area (Å²) in [4.78, 5) is 11.7. The van der Waals surface area contributed by atoms with E-state index in [0.717, 1.165) is 31.6 Å². The topological polar surface area (TPSA) is 55.1 Å². The molecule has 1 fully saturated rings. The minimum Gasteiger partial charge on any atom is -0.368 e. The molecule has 1 aromatic rings. The Bertz CT molecular complexity index is 423. The standard InChI is InChI=1S/C15H22N2OS/c1-2-17-15(14(16)18)9-8-13(10-15)19-11-12-6-4-3-5-7-12/h3-7,13,17H,2,8-11H2,1H3,(H2,16,18). The summed E-state index contributed by atoms with van der Waals surface area (Å²) < 4.78 is 0. The smallest absolute Gasteiger partial charge is 0.237 e. The molecule has 0 heterocycles. The van der Waals surface area contributed by atoms with Crippen LogP contribution in [0, 0.1) is 0 Å². The molecule has 2 atom stereocenters. The maximum absolute atomic E-state index is 11.7. The highest BCUT2D eigenvalue weighted by molar-refractivity contribution is 7.99. The molecule has 4 heteroatoms. The second kappa shape index (κ2) is 6.44. The molecule has 2 unspecified atom stereocenters. The van der Waals surface area contributed by atoms with Crippen LogP contribution in [-0.2, 0) is 10.5 Å². The number of nitrogens with two attached hydrogens (primary N) is 1. The first-order chi connectivity index (χ1) is 9.16. The van der Waals surface area contributed by atoms with E-state index in [4.69, 9.17) is 5.73 Å². The molecule has 1 saturated carbocycles. The molecular weight excluding hydrogens is 256 g/mol. The Morgan fingerprint density at radius 3 is 2.84 bits per heavy atom. The third-order valence-corrected chi connectivity index (χ3v) is 5.16. The van der Waals surface area contributed by atoms with Gasteiger partial charge in [0.25, 0.3) is 0 Å². The van der Waals surface area contributed by atoms with Crippen LogP contribution in [0.2, 0.25) is 0 Å². The van der Waals surface area contributed by atoms with Crippen LogP contribution in [0.25, 0.3) is 0 Å². The summed E-state index contributed by atoms with van der Waals surface area (Å²) in [7, 11) is 0. The number of benzene rings is 1. The SMILES string of the molecule is CCNC1(C(N)=O)CCC(SCc2ccccc2)C1. The van der Waals surface area contributed by atoms with Crippen LogP contribution in [0.1, 0.15) is 31.7 Å². The third-order valence-electron chi connectivity index (χ3n) is 3.78. The second-order valence-electron chi connectivity index (χ2n) is 5.14. The number of thioether (sulfide) groups is 1. The van der Waals surface area contributed by atoms with Crippen LogP contribution in [-0.4, -0.2) is 23.2 Å². The van der Waals surface area contributed by atoms with Gasteiger partial charge >= 0.3 is 0 Å². The van der Waals surface area contributed by atoms with Gasteiger partial charge in [-0.2, -0.15) is 11.8 Å². The fraction of sp³-hybridized carbons (Fsp3) is 0.533. The highest BCUT2D eigenvalue weighted by Crippen LogP contribution is 2.38. The zero-order valence-corrected chi connectivity index (χ0v) is 12.2. The summed E-state index contributed by atoms with van der Waals surface area (Å²) in [6, 6.07) is 10.5. The maximum atomic E-state index is 11.7. The Labute approximate surface area is 119 Å². The van der Waals surface area contributed by atoms with E-state index in [0.29, 0.717) is 5.25 Å². The van der Waals surface area contributed by atoms with Gasteiger partial charge in [0.2, 0.25) is 5.91 Å². The van der Waals surface area contributed by atoms with Crippen LogP contribution < -0.4 is 11.1 Å². The van der Waals surface area contributed by atoms with E-state index in [1.807, 2.05) is 24.8 Å². The predicted molar refractivity (Wildman–Crippen MR) is 81.0 cm³/mol. The van der Waals surface area contributed by atoms with E-state index in [9.17, 15) is 4.79 Å². The number of carbonyl (C=O) groups is 1. The molecular formula is C15H22N2OS. The van der Waals surface area contributed by atoms with Crippen LogP contribution in [0.5, 0.6) is 0 Å². The van der Waals surface area contributed by atoms with Crippen molar-refractivity contribution in [1.82, 2.24) is 5.32 Å². The molecule has 0 radical (unpaired) electrons. The van der Waals surface area contributed by atoms with E-state index in [1.54, 1.807) is 0 Å². The fourth-order valence-corrected chi connectivity index (χ4v) is 4.05. The number of amides is 1. The van der Waals surface area contributed by atoms with E-state index in [-0.39, 0.29) is 5.91 Å². The van der Waals surface area contributed by atoms with Crippen LogP contribution >= 0.6 is 11.8 Å². The van der Waals surface area contributed by atoms with E-state index in [2.05, 4.69) is 29.6 Å². The Balaban J connectivity index is 1.89. The van der Waals surface area contributed by atoms with Crippen LogP contribution in [0.3, 0.4) is 0 Å². The van der Waals surface area contributed by atoms with Gasteiger partial charge in [-0.3, -0.25) is 4.79 Å². The van der Waals surface area contributed by atoms with Crippen molar-refractivity contribution < 1.29 is 4.79 Å². The number of likely N-dealkylation sites (N-methyl/N-ethyl adjacent to an activating group) is 1. The quantitative estimate of drug-likeness (QED) is 0.839. The largest absolute Gasteiger partial charge is 0.368 e. The minimum atomic E-state index is -0.469. The van der Waals surface area contributed by atoms with Gasteiger partial charge in [-0.1, -0.05) is 37.3 Å². The van der Waals surface area contributed by atoms with Gasteiger partial charge in [-0.05, 0) is 31.4 Å². The monoisotopic (exact) mass is 278 g/mol. The first-order valence-electron chi connectivity index (χ1n) is 6.87. The second-order valence-corrected chi connectivity index (χ2v) is 6.43. The van der Waals surface area contributed by atoms with Gasteiger partial charge in [-0.15, -0.1) is 0 Å². The average molecular weight is 278 g/mol. The molecule has 0 spiro atoms. The highest BCUT2D eigenvalue weighted by Gasteiger charge is 2.43. The molecule has 0 aromatic heterocycles. The number of hydrogen-bond donors (Lipinski definition) is 2. The highest BCUT2D eigenvalue weighted by atomic mass is 32.2. The first-order valence-corrected chi connectivity index (χ1v) is 7.91. The third kappa shape index (κ3) is 3.51. The molecule has 1 aliphatic rings. The van der Waals surface area contributed by atoms with Crippen molar-refractivity contribution in [3.8, 4) is 0 Å². The van der Waals surface area contributed by atoms with Gasteiger partial charge in [0.1, 0.15) is 0 Å². The molecule has 3 nitrogen and oxygen atoms in total. The van der Waals surface area contributed by atoms with Gasteiger partial charge < -0.3 is 11.1 Å². The van der Waals surface area contributed by atoms with Crippen molar-refractivity contribution in [3.05, 3.63) is 35.9 Å². The van der Waals surface area contributed by atoms with E-state index >= 15 is 0 Å². The Kier molecular flexibility index (Phi) is 4.88. The number of primary amides is 1. The molecule has 0 aliphatic heterocycles. The van der Waals surface area contributed by atoms with E-state index < -0.39 is 5.54 Å². The van der Waals surface area contributed by atoms with Gasteiger partial charge in [0.15, 0.2) is 0 Å². The molecule has 2 rings (SSSR count). The lowest BCUT2D eigenvalue weighted by Gasteiger charge is -2.26. The molecule has 1 amide bonds. The fourth-order valence-electron chi connectivity index (χ4n) is 2.74. The summed E-state index contributed by atoms with van der Waals surface area (Å²) in [6.07, 6.45) is 2.78. The summed E-state index contributed by atoms with van der Waals surface area (Å²) >= 11 is 1.93. The molecule has 104 valence electrons. The molecule has 0 saturated heterocycles. The lowest BCUT2D eigenvalue weighted by Crippen LogP contribution is -2.53. The minimum absolute atomic E-state index is 0.197. The number of carbonyl (C=O) groups excluding carboxylic acids is 1. The normalized spacial score (nSPS) is 26.5. The molecule has 1 aromatic carbocycles. The van der Waals surface area contributed by atoms with Crippen molar-refractivity contribution >= 4 is 17.7 Å². The zero-order valence-electron chi connectivity index (χ0n) is 11.4. The van der Waals surface area contributed by atoms with Crippen molar-refractivity contribution in [3.63, 3.8) is 0 Å². The van der Waals surface area contributed by atoms with E-state index in [1.165, 1.54) is 5.56 Å². The van der Waals surface area contributed by atoms with Crippen molar-refractivity contribution in [2.75, 3.05) is 6.54 Å². The summed E-state index contributed by atoms with van der Waals surface area (Å²) in [5.41, 5.74) is 6.45. The summed E-state index contributed by atoms with van der Waals surface area (Å²) in [5.74, 6) is 0.809. The van der Waals surface area contributed by atoms with Crippen molar-refractivity contribution in [2.24, 2.45) is 5.73 Å². The lowest BCUT2D eigenvalue weighted by molar-refractivity contribution is -0.124. The lowest BCUT2D eigenvalue weighted by atomic mass is 9.97. The Morgan fingerprint density at radius 1 is 1.47 bits per heavy atom. The maximum Gasteiger partial charge on any atom is 0.237 e. The summed E-state index contributed by atoms with van der Waals surface area (Å²) in [6.45, 7) is 2.81. The van der Waals surface area contributed by atoms with Crippen molar-refractivity contribution in [1.29, 1.82) is 0 Å². The average Bonchev–Trinajstić information content (AvgIpc) is 2.83. The van der Waals surface area contributed by atoms with Gasteiger partial charge in [-0.25, -0.2) is 0 Å². The van der Waals surface area contributed by atoms with Crippen molar-refractivity contribution in [2.45, 2.75) is 42.7 Å². The molecule has 3 N–H and O–H groups in total. The summed E-state index contributed by atoms with van der Waals surface area (Å²) in [5, 5.41) is 3.82. The van der Waals surface area contributed by atoms with Gasteiger partial charge in [0.05, 0.1) is 5.54 Å². The molecule has 0 bridgehead atoms. The van der Waals surface area contributed by atoms with Crippen LogP contribution in [0.15, 0.2) is 30.3 Å². The Morgan fingerprint density at radius 2 is 2.21 bits per heavy atom. The first kappa shape index (κ1) is 14.4. The molecule has 19 heavy (non-hydrogen) atoms. The zero-order chi connectivity index (χ0) is 13.7. The Hall–Kier alpha value is -1.00. The number of hydrogen-bond acceptors (Lipinski definition) is 3. The number of rotatable bonds is 6. The van der Waals surface area contributed by atoms with Crippen LogP contribution in [0.4, 0.5) is 0 Å². The molecule has 1 aliphatic carbocycles. The number of nitrogens with one attached hydrogen (secondary N) is 1. The predicted octanol–water partition coefficient (Wildman–Crippen LogP) is 2.31. The van der Waals surface area contributed by atoms with Gasteiger partial charge in [0, 0.05) is 11.0 Å².